The fraction of sp³-hybridized carbons (Fsp3) is 0.533. The standard InChI is InChI=1S/C15H19F3N2O/c1-2-7-19-8-10-20(11-9-19)14(21)12-3-5-13(6-4-12)15(16,17)18/h3-6H,2,7-11H2,1H3. The predicted molar refractivity (Wildman–Crippen MR) is 74.1 cm³/mol. The molecule has 2 rings (SSSR count). The van der Waals surface area contributed by atoms with Crippen molar-refractivity contribution >= 4 is 5.91 Å². The molecular weight excluding hydrogens is 281 g/mol. The minimum atomic E-state index is -4.37. The van der Waals surface area contributed by atoms with Crippen molar-refractivity contribution in [1.29, 1.82) is 0 Å². The number of rotatable bonds is 3. The van der Waals surface area contributed by atoms with Crippen LogP contribution in [0.25, 0.3) is 0 Å². The van der Waals surface area contributed by atoms with Crippen molar-refractivity contribution in [1.82, 2.24) is 9.80 Å². The first kappa shape index (κ1) is 15.8. The van der Waals surface area contributed by atoms with Crippen LogP contribution < -0.4 is 0 Å². The monoisotopic (exact) mass is 300 g/mol. The van der Waals surface area contributed by atoms with Crippen molar-refractivity contribution in [2.75, 3.05) is 32.7 Å². The Morgan fingerprint density at radius 2 is 1.67 bits per heavy atom. The molecule has 1 amide bonds. The van der Waals surface area contributed by atoms with Gasteiger partial charge in [0.05, 0.1) is 5.56 Å². The van der Waals surface area contributed by atoms with Crippen LogP contribution in [0.5, 0.6) is 0 Å². The first-order chi connectivity index (χ1) is 9.91. The number of carbonyl (C=O) groups excluding carboxylic acids is 1. The van der Waals surface area contributed by atoms with Gasteiger partial charge >= 0.3 is 6.18 Å². The summed E-state index contributed by atoms with van der Waals surface area (Å²) in [5, 5.41) is 0. The number of alkyl halides is 3. The molecule has 0 aromatic heterocycles. The van der Waals surface area contributed by atoms with E-state index in [1.165, 1.54) is 12.1 Å². The summed E-state index contributed by atoms with van der Waals surface area (Å²) >= 11 is 0. The lowest BCUT2D eigenvalue weighted by Crippen LogP contribution is -2.48. The maximum atomic E-state index is 12.5. The Hall–Kier alpha value is -1.56. The van der Waals surface area contributed by atoms with Gasteiger partial charge in [-0.25, -0.2) is 0 Å². The van der Waals surface area contributed by atoms with E-state index in [9.17, 15) is 18.0 Å². The number of halogens is 3. The number of benzene rings is 1. The average molecular weight is 300 g/mol. The minimum absolute atomic E-state index is 0.195. The Morgan fingerprint density at radius 3 is 2.14 bits per heavy atom. The number of amides is 1. The molecule has 0 atom stereocenters. The fourth-order valence-electron chi connectivity index (χ4n) is 2.48. The number of hydrogen-bond acceptors (Lipinski definition) is 2. The molecule has 0 unspecified atom stereocenters. The van der Waals surface area contributed by atoms with Crippen LogP contribution in [0, 0.1) is 0 Å². The summed E-state index contributed by atoms with van der Waals surface area (Å²) in [6.45, 7) is 6.02. The van der Waals surface area contributed by atoms with E-state index in [2.05, 4.69) is 11.8 Å². The molecule has 1 aromatic carbocycles. The van der Waals surface area contributed by atoms with Gasteiger partial charge in [-0.3, -0.25) is 9.69 Å². The molecule has 21 heavy (non-hydrogen) atoms. The molecule has 1 heterocycles. The number of nitrogens with zero attached hydrogens (tertiary/aromatic N) is 2. The Balaban J connectivity index is 1.98. The lowest BCUT2D eigenvalue weighted by molar-refractivity contribution is -0.137. The second-order valence-corrected chi connectivity index (χ2v) is 5.21. The highest BCUT2D eigenvalue weighted by Crippen LogP contribution is 2.29. The van der Waals surface area contributed by atoms with Crippen molar-refractivity contribution < 1.29 is 18.0 Å². The molecule has 1 aromatic rings. The van der Waals surface area contributed by atoms with E-state index in [0.717, 1.165) is 38.2 Å². The third-order valence-electron chi connectivity index (χ3n) is 3.66. The van der Waals surface area contributed by atoms with Crippen molar-refractivity contribution in [3.8, 4) is 0 Å². The van der Waals surface area contributed by atoms with Gasteiger partial charge in [0.25, 0.3) is 5.91 Å². The third-order valence-corrected chi connectivity index (χ3v) is 3.66. The van der Waals surface area contributed by atoms with Crippen LogP contribution in [-0.4, -0.2) is 48.4 Å². The average Bonchev–Trinajstić information content (AvgIpc) is 2.47. The second-order valence-electron chi connectivity index (χ2n) is 5.21. The molecule has 6 heteroatoms. The molecule has 1 fully saturated rings. The normalized spacial score (nSPS) is 17.0. The largest absolute Gasteiger partial charge is 0.416 e. The maximum absolute atomic E-state index is 12.5. The Kier molecular flexibility index (Phi) is 4.88. The summed E-state index contributed by atoms with van der Waals surface area (Å²) in [6.07, 6.45) is -3.29. The quantitative estimate of drug-likeness (QED) is 0.857. The Morgan fingerprint density at radius 1 is 1.10 bits per heavy atom. The molecule has 1 saturated heterocycles. The number of piperazine rings is 1. The van der Waals surface area contributed by atoms with Crippen molar-refractivity contribution in [2.45, 2.75) is 19.5 Å². The molecule has 1 aliphatic rings. The topological polar surface area (TPSA) is 23.6 Å². The van der Waals surface area contributed by atoms with Crippen LogP contribution in [0.3, 0.4) is 0 Å². The highest BCUT2D eigenvalue weighted by atomic mass is 19.4. The van der Waals surface area contributed by atoms with E-state index in [1.807, 2.05) is 0 Å². The summed E-state index contributed by atoms with van der Waals surface area (Å²) < 4.78 is 37.5. The van der Waals surface area contributed by atoms with E-state index in [-0.39, 0.29) is 5.91 Å². The van der Waals surface area contributed by atoms with Crippen LogP contribution in [0.2, 0.25) is 0 Å². The number of carbonyl (C=O) groups is 1. The minimum Gasteiger partial charge on any atom is -0.336 e. The van der Waals surface area contributed by atoms with Crippen LogP contribution in [0.4, 0.5) is 13.2 Å². The van der Waals surface area contributed by atoms with Crippen LogP contribution in [0.1, 0.15) is 29.3 Å². The first-order valence-electron chi connectivity index (χ1n) is 7.10. The van der Waals surface area contributed by atoms with Crippen LogP contribution in [0.15, 0.2) is 24.3 Å². The van der Waals surface area contributed by atoms with E-state index < -0.39 is 11.7 Å². The van der Waals surface area contributed by atoms with Gasteiger partial charge in [0.2, 0.25) is 0 Å². The second kappa shape index (κ2) is 6.47. The van der Waals surface area contributed by atoms with Gasteiger partial charge in [0.1, 0.15) is 0 Å². The molecule has 0 N–H and O–H groups in total. The Bertz CT molecular complexity index is 477. The fourth-order valence-corrected chi connectivity index (χ4v) is 2.48. The molecule has 116 valence electrons. The summed E-state index contributed by atoms with van der Waals surface area (Å²) in [5.74, 6) is -0.195. The molecule has 0 aliphatic carbocycles. The SMILES string of the molecule is CCCN1CCN(C(=O)c2ccc(C(F)(F)F)cc2)CC1. The summed E-state index contributed by atoms with van der Waals surface area (Å²) in [5.41, 5.74) is -0.418. The van der Waals surface area contributed by atoms with E-state index >= 15 is 0 Å². The van der Waals surface area contributed by atoms with Gasteiger partial charge in [-0.15, -0.1) is 0 Å². The van der Waals surface area contributed by atoms with Gasteiger partial charge in [-0.2, -0.15) is 13.2 Å². The van der Waals surface area contributed by atoms with Gasteiger partial charge < -0.3 is 4.90 Å². The molecule has 3 nitrogen and oxygen atoms in total. The first-order valence-corrected chi connectivity index (χ1v) is 7.10. The third kappa shape index (κ3) is 3.97. The Labute approximate surface area is 122 Å². The maximum Gasteiger partial charge on any atom is 0.416 e. The van der Waals surface area contributed by atoms with E-state index in [0.29, 0.717) is 18.7 Å². The van der Waals surface area contributed by atoms with Gasteiger partial charge in [0, 0.05) is 31.7 Å². The summed E-state index contributed by atoms with van der Waals surface area (Å²) in [6, 6.07) is 4.42. The highest BCUT2D eigenvalue weighted by molar-refractivity contribution is 5.94. The van der Waals surface area contributed by atoms with Crippen LogP contribution >= 0.6 is 0 Å². The predicted octanol–water partition coefficient (Wildman–Crippen LogP) is 2.87. The van der Waals surface area contributed by atoms with Gasteiger partial charge in [-0.05, 0) is 37.2 Å². The number of hydrogen-bond donors (Lipinski definition) is 0. The molecule has 0 bridgehead atoms. The molecule has 1 aliphatic heterocycles. The van der Waals surface area contributed by atoms with Gasteiger partial charge in [-0.1, -0.05) is 6.92 Å². The zero-order valence-electron chi connectivity index (χ0n) is 12.0. The lowest BCUT2D eigenvalue weighted by Gasteiger charge is -2.34. The zero-order valence-corrected chi connectivity index (χ0v) is 12.0. The smallest absolute Gasteiger partial charge is 0.336 e. The highest BCUT2D eigenvalue weighted by Gasteiger charge is 2.30. The van der Waals surface area contributed by atoms with Crippen molar-refractivity contribution in [3.63, 3.8) is 0 Å². The summed E-state index contributed by atoms with van der Waals surface area (Å²) in [7, 11) is 0. The van der Waals surface area contributed by atoms with E-state index in [1.54, 1.807) is 4.90 Å². The molecule has 0 radical (unpaired) electrons. The zero-order chi connectivity index (χ0) is 15.5. The lowest BCUT2D eigenvalue weighted by atomic mass is 10.1. The van der Waals surface area contributed by atoms with E-state index in [4.69, 9.17) is 0 Å². The van der Waals surface area contributed by atoms with Crippen LogP contribution in [-0.2, 0) is 6.18 Å². The molecular formula is C15H19F3N2O. The van der Waals surface area contributed by atoms with Gasteiger partial charge in [0.15, 0.2) is 0 Å². The summed E-state index contributed by atoms with van der Waals surface area (Å²) in [4.78, 5) is 16.2. The molecule has 0 saturated carbocycles. The van der Waals surface area contributed by atoms with Crippen molar-refractivity contribution in [2.24, 2.45) is 0 Å². The van der Waals surface area contributed by atoms with Crippen molar-refractivity contribution in [3.05, 3.63) is 35.4 Å². The molecule has 0 spiro atoms.